The zero-order valence-electron chi connectivity index (χ0n) is 10.3. The summed E-state index contributed by atoms with van der Waals surface area (Å²) >= 11 is 1.80. The predicted molar refractivity (Wildman–Crippen MR) is 70.9 cm³/mol. The molecule has 0 saturated carbocycles. The summed E-state index contributed by atoms with van der Waals surface area (Å²) in [6.07, 6.45) is 2.71. The molecule has 1 fully saturated rings. The van der Waals surface area contributed by atoms with Crippen molar-refractivity contribution in [1.29, 1.82) is 0 Å². The lowest BCUT2D eigenvalue weighted by Gasteiger charge is -2.25. The number of nitrogens with zero attached hydrogens (tertiary/aromatic N) is 1. The van der Waals surface area contributed by atoms with Crippen molar-refractivity contribution in [3.8, 4) is 0 Å². The van der Waals surface area contributed by atoms with Crippen LogP contribution in [0.1, 0.15) is 32.3 Å². The minimum absolute atomic E-state index is 0.601. The second kappa shape index (κ2) is 5.80. The average Bonchev–Trinajstić information content (AvgIpc) is 2.87. The van der Waals surface area contributed by atoms with Gasteiger partial charge in [0, 0.05) is 25.2 Å². The fourth-order valence-corrected chi connectivity index (χ4v) is 2.98. The molecule has 16 heavy (non-hydrogen) atoms. The van der Waals surface area contributed by atoms with Crippen LogP contribution in [0.4, 0.5) is 0 Å². The molecular weight excluding hydrogens is 216 g/mol. The lowest BCUT2D eigenvalue weighted by atomic mass is 10.2. The Morgan fingerprint density at radius 1 is 1.56 bits per heavy atom. The first-order chi connectivity index (χ1) is 7.75. The highest BCUT2D eigenvalue weighted by Gasteiger charge is 2.24. The molecule has 1 aromatic heterocycles. The third kappa shape index (κ3) is 3.30. The molecule has 0 bridgehead atoms. The van der Waals surface area contributed by atoms with E-state index in [-0.39, 0.29) is 0 Å². The van der Waals surface area contributed by atoms with Gasteiger partial charge in [-0.2, -0.15) is 11.3 Å². The van der Waals surface area contributed by atoms with Crippen LogP contribution in [0.5, 0.6) is 0 Å². The van der Waals surface area contributed by atoms with Crippen LogP contribution >= 0.6 is 11.3 Å². The van der Waals surface area contributed by atoms with Crippen LogP contribution in [0.2, 0.25) is 0 Å². The summed E-state index contributed by atoms with van der Waals surface area (Å²) in [7, 11) is 0. The molecule has 1 aliphatic heterocycles. The fraction of sp³-hybridized carbons (Fsp3) is 0.692. The van der Waals surface area contributed by atoms with Gasteiger partial charge in [-0.05, 0) is 41.8 Å². The molecule has 1 aromatic rings. The van der Waals surface area contributed by atoms with Crippen molar-refractivity contribution in [3.05, 3.63) is 22.4 Å². The summed E-state index contributed by atoms with van der Waals surface area (Å²) < 4.78 is 0. The maximum absolute atomic E-state index is 3.56. The van der Waals surface area contributed by atoms with Crippen molar-refractivity contribution in [3.63, 3.8) is 0 Å². The molecule has 2 heterocycles. The highest BCUT2D eigenvalue weighted by atomic mass is 32.1. The number of hydrogen-bond donors (Lipinski definition) is 1. The molecule has 90 valence electrons. The van der Waals surface area contributed by atoms with E-state index in [0.29, 0.717) is 6.04 Å². The standard InChI is InChI=1S/C13H22N2S/c1-11(2)14-8-13-4-3-6-15(13)9-12-5-7-16-10-12/h5,7,10-11,13-14H,3-4,6,8-9H2,1-2H3. The highest BCUT2D eigenvalue weighted by molar-refractivity contribution is 7.07. The van der Waals surface area contributed by atoms with Gasteiger partial charge in [-0.3, -0.25) is 4.90 Å². The second-order valence-electron chi connectivity index (χ2n) is 4.96. The molecule has 2 nitrogen and oxygen atoms in total. The molecule has 0 aliphatic carbocycles. The maximum Gasteiger partial charge on any atom is 0.0245 e. The molecule has 0 spiro atoms. The molecule has 1 N–H and O–H groups in total. The highest BCUT2D eigenvalue weighted by Crippen LogP contribution is 2.20. The van der Waals surface area contributed by atoms with Gasteiger partial charge in [0.05, 0.1) is 0 Å². The van der Waals surface area contributed by atoms with Crippen molar-refractivity contribution < 1.29 is 0 Å². The molecule has 2 rings (SSSR count). The van der Waals surface area contributed by atoms with Crippen molar-refractivity contribution in [2.45, 2.75) is 45.3 Å². The molecule has 1 aliphatic rings. The molecule has 1 atom stereocenters. The van der Waals surface area contributed by atoms with Crippen LogP contribution in [-0.2, 0) is 6.54 Å². The van der Waals surface area contributed by atoms with Crippen LogP contribution in [0.15, 0.2) is 16.8 Å². The largest absolute Gasteiger partial charge is 0.313 e. The van der Waals surface area contributed by atoms with Crippen LogP contribution < -0.4 is 5.32 Å². The first-order valence-electron chi connectivity index (χ1n) is 6.24. The Morgan fingerprint density at radius 3 is 3.12 bits per heavy atom. The Morgan fingerprint density at radius 2 is 2.44 bits per heavy atom. The summed E-state index contributed by atoms with van der Waals surface area (Å²) in [5, 5.41) is 8.00. The lowest BCUT2D eigenvalue weighted by Crippen LogP contribution is -2.39. The molecule has 0 amide bonds. The van der Waals surface area contributed by atoms with Crippen LogP contribution in [0.25, 0.3) is 0 Å². The lowest BCUT2D eigenvalue weighted by molar-refractivity contribution is 0.236. The summed E-state index contributed by atoms with van der Waals surface area (Å²) in [6.45, 7) is 7.98. The Hall–Kier alpha value is -0.380. The van der Waals surface area contributed by atoms with E-state index in [1.165, 1.54) is 24.9 Å². The topological polar surface area (TPSA) is 15.3 Å². The first-order valence-corrected chi connectivity index (χ1v) is 7.18. The van der Waals surface area contributed by atoms with E-state index in [9.17, 15) is 0 Å². The zero-order valence-corrected chi connectivity index (χ0v) is 11.1. The molecule has 0 radical (unpaired) electrons. The van der Waals surface area contributed by atoms with E-state index in [4.69, 9.17) is 0 Å². The predicted octanol–water partition coefficient (Wildman–Crippen LogP) is 2.71. The second-order valence-corrected chi connectivity index (χ2v) is 5.74. The zero-order chi connectivity index (χ0) is 11.4. The summed E-state index contributed by atoms with van der Waals surface area (Å²) in [5.74, 6) is 0. The van der Waals surface area contributed by atoms with Crippen LogP contribution in [0, 0.1) is 0 Å². The molecular formula is C13H22N2S. The SMILES string of the molecule is CC(C)NCC1CCCN1Cc1ccsc1. The first kappa shape index (κ1) is 12.1. The number of rotatable bonds is 5. The van der Waals surface area contributed by atoms with E-state index < -0.39 is 0 Å². The molecule has 1 unspecified atom stereocenters. The van der Waals surface area contributed by atoms with Gasteiger partial charge in [-0.25, -0.2) is 0 Å². The number of thiophene rings is 1. The van der Waals surface area contributed by atoms with E-state index in [0.717, 1.165) is 19.1 Å². The van der Waals surface area contributed by atoms with Gasteiger partial charge in [0.15, 0.2) is 0 Å². The van der Waals surface area contributed by atoms with E-state index in [1.54, 1.807) is 11.3 Å². The third-order valence-corrected chi connectivity index (χ3v) is 3.96. The number of likely N-dealkylation sites (tertiary alicyclic amines) is 1. The quantitative estimate of drug-likeness (QED) is 0.848. The Balaban J connectivity index is 1.83. The van der Waals surface area contributed by atoms with Crippen molar-refractivity contribution >= 4 is 11.3 Å². The van der Waals surface area contributed by atoms with E-state index in [1.807, 2.05) is 0 Å². The number of hydrogen-bond acceptors (Lipinski definition) is 3. The summed E-state index contributed by atoms with van der Waals surface area (Å²) in [6, 6.07) is 3.58. The normalized spacial score (nSPS) is 22.1. The monoisotopic (exact) mass is 238 g/mol. The fourth-order valence-electron chi connectivity index (χ4n) is 2.32. The smallest absolute Gasteiger partial charge is 0.0245 e. The van der Waals surface area contributed by atoms with Crippen LogP contribution in [0.3, 0.4) is 0 Å². The van der Waals surface area contributed by atoms with Gasteiger partial charge in [0.2, 0.25) is 0 Å². The number of nitrogens with one attached hydrogen (secondary N) is 1. The Bertz CT molecular complexity index is 295. The van der Waals surface area contributed by atoms with Crippen molar-refractivity contribution in [2.75, 3.05) is 13.1 Å². The minimum Gasteiger partial charge on any atom is -0.313 e. The summed E-state index contributed by atoms with van der Waals surface area (Å²) in [4.78, 5) is 2.62. The molecule has 3 heteroatoms. The molecule has 0 aromatic carbocycles. The van der Waals surface area contributed by atoms with Gasteiger partial charge >= 0.3 is 0 Å². The maximum atomic E-state index is 3.56. The van der Waals surface area contributed by atoms with Crippen LogP contribution in [-0.4, -0.2) is 30.1 Å². The van der Waals surface area contributed by atoms with Gasteiger partial charge in [0.1, 0.15) is 0 Å². The minimum atomic E-state index is 0.601. The van der Waals surface area contributed by atoms with E-state index >= 15 is 0 Å². The van der Waals surface area contributed by atoms with Crippen molar-refractivity contribution in [2.24, 2.45) is 0 Å². The summed E-state index contributed by atoms with van der Waals surface area (Å²) in [5.41, 5.74) is 1.47. The van der Waals surface area contributed by atoms with Gasteiger partial charge in [-0.15, -0.1) is 0 Å². The van der Waals surface area contributed by atoms with Gasteiger partial charge < -0.3 is 5.32 Å². The molecule has 1 saturated heterocycles. The van der Waals surface area contributed by atoms with Gasteiger partial charge in [-0.1, -0.05) is 13.8 Å². The van der Waals surface area contributed by atoms with Gasteiger partial charge in [0.25, 0.3) is 0 Å². The van der Waals surface area contributed by atoms with E-state index in [2.05, 4.69) is 40.9 Å². The Kier molecular flexibility index (Phi) is 4.38. The average molecular weight is 238 g/mol. The van der Waals surface area contributed by atoms with Crippen molar-refractivity contribution in [1.82, 2.24) is 10.2 Å². The Labute approximate surface area is 103 Å². The third-order valence-electron chi connectivity index (χ3n) is 3.23.